The number of hydrogen-bond donors (Lipinski definition) is 1. The van der Waals surface area contributed by atoms with E-state index in [9.17, 15) is 0 Å². The van der Waals surface area contributed by atoms with Gasteiger partial charge in [0.25, 0.3) is 0 Å². The highest BCUT2D eigenvalue weighted by Crippen LogP contribution is 2.38. The molecule has 1 aliphatic heterocycles. The van der Waals surface area contributed by atoms with Gasteiger partial charge in [-0.05, 0) is 56.3 Å². The van der Waals surface area contributed by atoms with E-state index in [1.165, 1.54) is 49.9 Å². The zero-order valence-electron chi connectivity index (χ0n) is 11.2. The Morgan fingerprint density at radius 3 is 2.17 bits per heavy atom. The van der Waals surface area contributed by atoms with E-state index in [1.54, 1.807) is 0 Å². The van der Waals surface area contributed by atoms with Crippen LogP contribution in [-0.2, 0) is 12.1 Å². The van der Waals surface area contributed by atoms with Crippen LogP contribution in [0.25, 0.3) is 0 Å². The summed E-state index contributed by atoms with van der Waals surface area (Å²) in [5.41, 5.74) is 9.10. The van der Waals surface area contributed by atoms with Crippen molar-refractivity contribution in [1.82, 2.24) is 4.90 Å². The molecule has 2 fully saturated rings. The van der Waals surface area contributed by atoms with Gasteiger partial charge in [-0.1, -0.05) is 30.7 Å². The van der Waals surface area contributed by atoms with Gasteiger partial charge in [0.15, 0.2) is 0 Å². The van der Waals surface area contributed by atoms with E-state index < -0.39 is 0 Å². The lowest BCUT2D eigenvalue weighted by Crippen LogP contribution is -2.43. The number of nitrogens with zero attached hydrogens (tertiary/aromatic N) is 1. The van der Waals surface area contributed by atoms with E-state index in [0.29, 0.717) is 0 Å². The first kappa shape index (κ1) is 12.2. The Balaban J connectivity index is 1.63. The van der Waals surface area contributed by atoms with Crippen LogP contribution in [0, 0.1) is 0 Å². The second-order valence-corrected chi connectivity index (χ2v) is 6.04. The standard InChI is InChI=1S/C16H24N2/c17-16(9-4-10-16)15-7-5-14(6-8-15)13-18-11-2-1-3-12-18/h5-8H,1-4,9-13,17H2. The van der Waals surface area contributed by atoms with Crippen molar-refractivity contribution >= 4 is 0 Å². The zero-order valence-corrected chi connectivity index (χ0v) is 11.2. The van der Waals surface area contributed by atoms with Crippen LogP contribution in [0.4, 0.5) is 0 Å². The Bertz CT molecular complexity index is 386. The minimum atomic E-state index is -0.0103. The summed E-state index contributed by atoms with van der Waals surface area (Å²) >= 11 is 0. The Morgan fingerprint density at radius 2 is 1.61 bits per heavy atom. The molecule has 0 aromatic heterocycles. The molecule has 0 atom stereocenters. The quantitative estimate of drug-likeness (QED) is 0.885. The van der Waals surface area contributed by atoms with Crippen molar-refractivity contribution in [2.24, 2.45) is 5.73 Å². The number of likely N-dealkylation sites (tertiary alicyclic amines) is 1. The molecular weight excluding hydrogens is 220 g/mol. The predicted octanol–water partition coefficient (Wildman–Crippen LogP) is 3.01. The predicted molar refractivity (Wildman–Crippen MR) is 75.3 cm³/mol. The van der Waals surface area contributed by atoms with Gasteiger partial charge >= 0.3 is 0 Å². The van der Waals surface area contributed by atoms with Crippen LogP contribution >= 0.6 is 0 Å². The van der Waals surface area contributed by atoms with E-state index in [4.69, 9.17) is 5.73 Å². The van der Waals surface area contributed by atoms with Crippen molar-refractivity contribution < 1.29 is 0 Å². The monoisotopic (exact) mass is 244 g/mol. The molecule has 2 heteroatoms. The normalized spacial score (nSPS) is 23.6. The van der Waals surface area contributed by atoms with Crippen molar-refractivity contribution in [3.8, 4) is 0 Å². The molecule has 0 bridgehead atoms. The first-order valence-corrected chi connectivity index (χ1v) is 7.37. The highest BCUT2D eigenvalue weighted by Gasteiger charge is 2.33. The minimum absolute atomic E-state index is 0.0103. The van der Waals surface area contributed by atoms with Gasteiger partial charge in [0, 0.05) is 12.1 Å². The number of hydrogen-bond acceptors (Lipinski definition) is 2. The van der Waals surface area contributed by atoms with Crippen molar-refractivity contribution in [2.45, 2.75) is 50.6 Å². The molecule has 98 valence electrons. The Labute approximate surface area is 110 Å². The van der Waals surface area contributed by atoms with Crippen LogP contribution in [-0.4, -0.2) is 18.0 Å². The van der Waals surface area contributed by atoms with Crippen LogP contribution in [0.5, 0.6) is 0 Å². The molecule has 18 heavy (non-hydrogen) atoms. The third-order valence-corrected chi connectivity index (χ3v) is 4.63. The number of nitrogens with two attached hydrogens (primary N) is 1. The molecule has 1 heterocycles. The molecule has 2 N–H and O–H groups in total. The van der Waals surface area contributed by atoms with Crippen LogP contribution in [0.15, 0.2) is 24.3 Å². The second kappa shape index (κ2) is 5.02. The lowest BCUT2D eigenvalue weighted by Gasteiger charge is -2.38. The second-order valence-electron chi connectivity index (χ2n) is 6.04. The van der Waals surface area contributed by atoms with Crippen molar-refractivity contribution in [3.05, 3.63) is 35.4 Å². The Kier molecular flexibility index (Phi) is 3.40. The summed E-state index contributed by atoms with van der Waals surface area (Å²) < 4.78 is 0. The molecule has 1 aromatic carbocycles. The van der Waals surface area contributed by atoms with Gasteiger partial charge < -0.3 is 5.73 Å². The summed E-state index contributed by atoms with van der Waals surface area (Å²) in [5.74, 6) is 0. The fraction of sp³-hybridized carbons (Fsp3) is 0.625. The van der Waals surface area contributed by atoms with Crippen molar-refractivity contribution in [2.75, 3.05) is 13.1 Å². The van der Waals surface area contributed by atoms with Gasteiger partial charge in [0.2, 0.25) is 0 Å². The van der Waals surface area contributed by atoms with Crippen molar-refractivity contribution in [3.63, 3.8) is 0 Å². The van der Waals surface area contributed by atoms with Gasteiger partial charge in [-0.25, -0.2) is 0 Å². The summed E-state index contributed by atoms with van der Waals surface area (Å²) in [6, 6.07) is 9.05. The molecule has 2 nitrogen and oxygen atoms in total. The molecule has 2 aliphatic rings. The highest BCUT2D eigenvalue weighted by molar-refractivity contribution is 5.30. The van der Waals surface area contributed by atoms with E-state index in [2.05, 4.69) is 29.2 Å². The molecule has 3 rings (SSSR count). The average molecular weight is 244 g/mol. The highest BCUT2D eigenvalue weighted by atomic mass is 15.1. The summed E-state index contributed by atoms with van der Waals surface area (Å²) in [5, 5.41) is 0. The van der Waals surface area contributed by atoms with Gasteiger partial charge in [0.05, 0.1) is 0 Å². The fourth-order valence-corrected chi connectivity index (χ4v) is 3.16. The molecule has 1 saturated heterocycles. The minimum Gasteiger partial charge on any atom is -0.321 e. The van der Waals surface area contributed by atoms with E-state index in [0.717, 1.165) is 19.4 Å². The van der Waals surface area contributed by atoms with Crippen molar-refractivity contribution in [1.29, 1.82) is 0 Å². The van der Waals surface area contributed by atoms with Crippen LogP contribution in [0.1, 0.15) is 49.7 Å². The summed E-state index contributed by atoms with van der Waals surface area (Å²) in [6.07, 6.45) is 7.72. The van der Waals surface area contributed by atoms with E-state index >= 15 is 0 Å². The van der Waals surface area contributed by atoms with E-state index in [1.807, 2.05) is 0 Å². The maximum absolute atomic E-state index is 6.35. The lowest BCUT2D eigenvalue weighted by atomic mass is 9.73. The maximum Gasteiger partial charge on any atom is 0.0409 e. The summed E-state index contributed by atoms with van der Waals surface area (Å²) in [7, 11) is 0. The number of piperidine rings is 1. The van der Waals surface area contributed by atoms with Gasteiger partial charge in [-0.3, -0.25) is 4.90 Å². The Hall–Kier alpha value is -0.860. The van der Waals surface area contributed by atoms with Gasteiger partial charge in [-0.2, -0.15) is 0 Å². The molecule has 0 amide bonds. The van der Waals surface area contributed by atoms with Crippen LogP contribution in [0.3, 0.4) is 0 Å². The van der Waals surface area contributed by atoms with Crippen LogP contribution in [0.2, 0.25) is 0 Å². The van der Waals surface area contributed by atoms with Gasteiger partial charge in [0.1, 0.15) is 0 Å². The molecular formula is C16H24N2. The smallest absolute Gasteiger partial charge is 0.0409 e. The van der Waals surface area contributed by atoms with Gasteiger partial charge in [-0.15, -0.1) is 0 Å². The first-order chi connectivity index (χ1) is 8.76. The largest absolute Gasteiger partial charge is 0.321 e. The number of benzene rings is 1. The molecule has 1 aromatic rings. The Morgan fingerprint density at radius 1 is 0.944 bits per heavy atom. The average Bonchev–Trinajstić information content (AvgIpc) is 2.38. The van der Waals surface area contributed by atoms with E-state index in [-0.39, 0.29) is 5.54 Å². The maximum atomic E-state index is 6.35. The lowest BCUT2D eigenvalue weighted by molar-refractivity contribution is 0.220. The fourth-order valence-electron chi connectivity index (χ4n) is 3.16. The molecule has 0 spiro atoms. The third-order valence-electron chi connectivity index (χ3n) is 4.63. The third kappa shape index (κ3) is 2.45. The molecule has 0 unspecified atom stereocenters. The first-order valence-electron chi connectivity index (χ1n) is 7.37. The van der Waals surface area contributed by atoms with Crippen LogP contribution < -0.4 is 5.73 Å². The molecule has 1 aliphatic carbocycles. The topological polar surface area (TPSA) is 29.3 Å². The molecule has 1 saturated carbocycles. The summed E-state index contributed by atoms with van der Waals surface area (Å²) in [4.78, 5) is 2.57. The molecule has 0 radical (unpaired) electrons. The number of rotatable bonds is 3. The SMILES string of the molecule is NC1(c2ccc(CN3CCCCC3)cc2)CCC1. The zero-order chi connectivity index (χ0) is 12.4. The summed E-state index contributed by atoms with van der Waals surface area (Å²) in [6.45, 7) is 3.64.